The molecule has 1 aliphatic carbocycles. The number of aliphatic imine (C=N–C) groups is 2. The van der Waals surface area contributed by atoms with Crippen LogP contribution in [0.1, 0.15) is 32.1 Å². The minimum atomic E-state index is -0.790. The number of hydrogen-bond donors (Lipinski definition) is 2. The van der Waals surface area contributed by atoms with Gasteiger partial charge in [0.2, 0.25) is 11.9 Å². The van der Waals surface area contributed by atoms with E-state index in [2.05, 4.69) is 9.98 Å². The minimum Gasteiger partial charge on any atom is -0.369 e. The van der Waals surface area contributed by atoms with Crippen LogP contribution in [0, 0.1) is 20.2 Å². The zero-order valence-electron chi connectivity index (χ0n) is 13.3. The molecular formula is C14H17N7O4. The summed E-state index contributed by atoms with van der Waals surface area (Å²) in [5, 5.41) is 22.3. The SMILES string of the molecule is NC1=NC2(CCCCC2)N(c2ccc([N+](=O)[O-])c([N+](=O)[O-])c2)C(N)=N1. The molecule has 25 heavy (non-hydrogen) atoms. The fourth-order valence-electron chi connectivity index (χ4n) is 3.45. The van der Waals surface area contributed by atoms with Crippen molar-refractivity contribution in [2.75, 3.05) is 4.90 Å². The van der Waals surface area contributed by atoms with E-state index in [0.29, 0.717) is 18.5 Å². The number of nitro benzene ring substituents is 2. The molecule has 1 saturated carbocycles. The van der Waals surface area contributed by atoms with E-state index in [1.54, 1.807) is 4.90 Å². The van der Waals surface area contributed by atoms with Crippen molar-refractivity contribution in [3.63, 3.8) is 0 Å². The highest BCUT2D eigenvalue weighted by atomic mass is 16.6. The number of nitrogens with two attached hydrogens (primary N) is 2. The van der Waals surface area contributed by atoms with Gasteiger partial charge in [-0.1, -0.05) is 6.42 Å². The number of nitro groups is 2. The van der Waals surface area contributed by atoms with Crippen molar-refractivity contribution in [1.82, 2.24) is 0 Å². The zero-order chi connectivity index (χ0) is 18.2. The van der Waals surface area contributed by atoms with Crippen LogP contribution in [0.25, 0.3) is 0 Å². The van der Waals surface area contributed by atoms with Crippen LogP contribution < -0.4 is 16.4 Å². The Kier molecular flexibility index (Phi) is 3.99. The Balaban J connectivity index is 2.13. The van der Waals surface area contributed by atoms with Gasteiger partial charge in [0, 0.05) is 12.1 Å². The number of anilines is 1. The van der Waals surface area contributed by atoms with Crippen molar-refractivity contribution in [2.24, 2.45) is 21.5 Å². The summed E-state index contributed by atoms with van der Waals surface area (Å²) in [6.45, 7) is 0. The average molecular weight is 347 g/mol. The molecule has 0 radical (unpaired) electrons. The molecule has 1 heterocycles. The predicted molar refractivity (Wildman–Crippen MR) is 91.3 cm³/mol. The summed E-state index contributed by atoms with van der Waals surface area (Å²) in [6, 6.07) is 3.65. The van der Waals surface area contributed by atoms with Gasteiger partial charge in [-0.3, -0.25) is 25.1 Å². The normalized spacial score (nSPS) is 19.3. The summed E-state index contributed by atoms with van der Waals surface area (Å²) in [5.41, 5.74) is 10.2. The first kappa shape index (κ1) is 16.6. The molecule has 0 saturated heterocycles. The highest BCUT2D eigenvalue weighted by Gasteiger charge is 2.43. The summed E-state index contributed by atoms with van der Waals surface area (Å²) in [7, 11) is 0. The fraction of sp³-hybridized carbons (Fsp3) is 0.429. The van der Waals surface area contributed by atoms with Crippen LogP contribution in [0.3, 0.4) is 0 Å². The van der Waals surface area contributed by atoms with Crippen LogP contribution in [0.2, 0.25) is 0 Å². The fourth-order valence-corrected chi connectivity index (χ4v) is 3.45. The number of rotatable bonds is 3. The van der Waals surface area contributed by atoms with Crippen molar-refractivity contribution >= 4 is 29.0 Å². The molecule has 132 valence electrons. The molecule has 11 heteroatoms. The van der Waals surface area contributed by atoms with Crippen LogP contribution in [-0.4, -0.2) is 27.4 Å². The van der Waals surface area contributed by atoms with E-state index >= 15 is 0 Å². The molecule has 0 amide bonds. The first-order valence-electron chi connectivity index (χ1n) is 7.77. The van der Waals surface area contributed by atoms with Crippen molar-refractivity contribution in [3.05, 3.63) is 38.4 Å². The lowest BCUT2D eigenvalue weighted by Gasteiger charge is -2.45. The van der Waals surface area contributed by atoms with E-state index in [1.165, 1.54) is 6.07 Å². The number of nitrogens with zero attached hydrogens (tertiary/aromatic N) is 5. The second-order valence-electron chi connectivity index (χ2n) is 6.01. The highest BCUT2D eigenvalue weighted by molar-refractivity contribution is 6.05. The maximum atomic E-state index is 11.2. The third-order valence-corrected chi connectivity index (χ3v) is 4.46. The first-order chi connectivity index (χ1) is 11.8. The molecule has 11 nitrogen and oxygen atoms in total. The lowest BCUT2D eigenvalue weighted by Crippen LogP contribution is -2.58. The van der Waals surface area contributed by atoms with Gasteiger partial charge in [-0.2, -0.15) is 4.99 Å². The molecule has 1 fully saturated rings. The van der Waals surface area contributed by atoms with E-state index in [-0.39, 0.29) is 11.9 Å². The van der Waals surface area contributed by atoms with Gasteiger partial charge in [-0.05, 0) is 31.7 Å². The maximum Gasteiger partial charge on any atom is 0.348 e. The van der Waals surface area contributed by atoms with Gasteiger partial charge in [0.15, 0.2) is 0 Å². The summed E-state index contributed by atoms with van der Waals surface area (Å²) >= 11 is 0. The van der Waals surface area contributed by atoms with Crippen LogP contribution in [0.15, 0.2) is 28.2 Å². The van der Waals surface area contributed by atoms with Gasteiger partial charge in [0.1, 0.15) is 5.66 Å². The molecule has 2 aliphatic rings. The van der Waals surface area contributed by atoms with Crippen molar-refractivity contribution in [3.8, 4) is 0 Å². The van der Waals surface area contributed by atoms with E-state index in [0.717, 1.165) is 31.4 Å². The molecule has 4 N–H and O–H groups in total. The van der Waals surface area contributed by atoms with E-state index in [4.69, 9.17) is 11.5 Å². The Morgan fingerprint density at radius 2 is 1.68 bits per heavy atom. The summed E-state index contributed by atoms with van der Waals surface area (Å²) in [5.74, 6) is 0.129. The summed E-state index contributed by atoms with van der Waals surface area (Å²) < 4.78 is 0. The lowest BCUT2D eigenvalue weighted by molar-refractivity contribution is -0.422. The van der Waals surface area contributed by atoms with Gasteiger partial charge in [-0.25, -0.2) is 4.99 Å². The molecule has 0 aromatic heterocycles. The third-order valence-electron chi connectivity index (χ3n) is 4.46. The Morgan fingerprint density at radius 1 is 1.04 bits per heavy atom. The Hall–Kier alpha value is -3.24. The number of hydrogen-bond acceptors (Lipinski definition) is 9. The minimum absolute atomic E-state index is 0.0621. The molecule has 1 aromatic carbocycles. The topological polar surface area (TPSA) is 166 Å². The van der Waals surface area contributed by atoms with E-state index in [9.17, 15) is 20.2 Å². The lowest BCUT2D eigenvalue weighted by atomic mass is 9.87. The van der Waals surface area contributed by atoms with Gasteiger partial charge in [-0.15, -0.1) is 0 Å². The Bertz CT molecular complexity index is 798. The first-order valence-corrected chi connectivity index (χ1v) is 7.77. The molecule has 0 unspecified atom stereocenters. The summed E-state index contributed by atoms with van der Waals surface area (Å²) in [4.78, 5) is 30.7. The molecular weight excluding hydrogens is 330 g/mol. The van der Waals surface area contributed by atoms with Crippen LogP contribution in [0.4, 0.5) is 17.1 Å². The average Bonchev–Trinajstić information content (AvgIpc) is 2.54. The van der Waals surface area contributed by atoms with Crippen molar-refractivity contribution in [1.29, 1.82) is 0 Å². The van der Waals surface area contributed by atoms with Gasteiger partial charge in [0.05, 0.1) is 15.5 Å². The van der Waals surface area contributed by atoms with Crippen molar-refractivity contribution in [2.45, 2.75) is 37.8 Å². The molecule has 0 bridgehead atoms. The maximum absolute atomic E-state index is 11.2. The van der Waals surface area contributed by atoms with Crippen LogP contribution in [0.5, 0.6) is 0 Å². The quantitative estimate of drug-likeness (QED) is 0.618. The smallest absolute Gasteiger partial charge is 0.348 e. The largest absolute Gasteiger partial charge is 0.369 e. The summed E-state index contributed by atoms with van der Waals surface area (Å²) in [6.07, 6.45) is 4.16. The molecule has 0 atom stereocenters. The predicted octanol–water partition coefficient (Wildman–Crippen LogP) is 1.61. The third kappa shape index (κ3) is 2.84. The van der Waals surface area contributed by atoms with Gasteiger partial charge >= 0.3 is 11.4 Å². The number of guanidine groups is 2. The molecule has 1 spiro atoms. The highest BCUT2D eigenvalue weighted by Crippen LogP contribution is 2.41. The Morgan fingerprint density at radius 3 is 2.28 bits per heavy atom. The second-order valence-corrected chi connectivity index (χ2v) is 6.01. The van der Waals surface area contributed by atoms with Crippen LogP contribution in [-0.2, 0) is 0 Å². The molecule has 1 aliphatic heterocycles. The zero-order valence-corrected chi connectivity index (χ0v) is 13.3. The molecule has 3 rings (SSSR count). The Labute approximate surface area is 142 Å². The van der Waals surface area contributed by atoms with Gasteiger partial charge in [0.25, 0.3) is 0 Å². The standard InChI is InChI=1S/C14H17N7O4/c15-12-17-13(16)19(14(18-12)6-2-1-3-7-14)9-4-5-10(20(22)23)11(8-9)21(24)25/h4-5,8H,1-3,6-7H2,(H4,15,16,17,18). The van der Waals surface area contributed by atoms with Crippen LogP contribution >= 0.6 is 0 Å². The molecule has 1 aromatic rings. The van der Waals surface area contributed by atoms with E-state index < -0.39 is 26.9 Å². The van der Waals surface area contributed by atoms with Crippen molar-refractivity contribution < 1.29 is 9.85 Å². The second kappa shape index (κ2) is 6.00. The van der Waals surface area contributed by atoms with E-state index in [1.807, 2.05) is 0 Å². The van der Waals surface area contributed by atoms with Gasteiger partial charge < -0.3 is 11.5 Å². The number of benzene rings is 1. The monoisotopic (exact) mass is 347 g/mol.